The van der Waals surface area contributed by atoms with Crippen LogP contribution in [0.25, 0.3) is 0 Å². The zero-order chi connectivity index (χ0) is 40.1. The first kappa shape index (κ1) is 41.2. The fraction of sp³-hybridized carbons (Fsp3) is 0.350. The van der Waals surface area contributed by atoms with Crippen LogP contribution in [-0.4, -0.2) is 46.7 Å². The second kappa shape index (κ2) is 18.2. The fourth-order valence-electron chi connectivity index (χ4n) is 6.67. The summed E-state index contributed by atoms with van der Waals surface area (Å²) in [6, 6.07) is 9.65. The van der Waals surface area contributed by atoms with Crippen molar-refractivity contribution in [3.05, 3.63) is 106 Å². The third kappa shape index (κ3) is 10.1. The summed E-state index contributed by atoms with van der Waals surface area (Å²) >= 11 is 2.64. The van der Waals surface area contributed by atoms with Crippen LogP contribution >= 0.6 is 23.5 Å². The van der Waals surface area contributed by atoms with E-state index in [1.807, 2.05) is 0 Å². The van der Waals surface area contributed by atoms with E-state index in [1.165, 1.54) is 42.8 Å². The van der Waals surface area contributed by atoms with Crippen LogP contribution < -0.4 is 20.1 Å². The molecule has 4 aromatic carbocycles. The lowest BCUT2D eigenvalue weighted by Gasteiger charge is -2.29. The van der Waals surface area contributed by atoms with Crippen molar-refractivity contribution in [2.45, 2.75) is 90.3 Å². The molecule has 7 nitrogen and oxygen atoms in total. The Hall–Kier alpha value is -4.41. The van der Waals surface area contributed by atoms with E-state index >= 15 is 4.39 Å². The van der Waals surface area contributed by atoms with Gasteiger partial charge in [-0.15, -0.1) is 23.5 Å². The number of carbonyl (C=O) groups is 2. The number of anilines is 2. The minimum Gasteiger partial charge on any atom is -0.496 e. The number of aliphatic hydroxyl groups excluding tert-OH is 1. The molecule has 2 fully saturated rings. The number of thioether (sulfide) groups is 2. The third-order valence-corrected chi connectivity index (χ3v) is 12.2. The first-order valence-electron chi connectivity index (χ1n) is 17.9. The quantitative estimate of drug-likeness (QED) is 0.0788. The number of hydrogen-bond acceptors (Lipinski definition) is 7. The van der Waals surface area contributed by atoms with Gasteiger partial charge in [-0.25, -0.2) is 30.7 Å². The van der Waals surface area contributed by atoms with E-state index in [0.29, 0.717) is 73.4 Å². The van der Waals surface area contributed by atoms with E-state index in [-0.39, 0.29) is 43.6 Å². The van der Waals surface area contributed by atoms with Gasteiger partial charge in [-0.3, -0.25) is 9.59 Å². The Morgan fingerprint density at radius 1 is 0.643 bits per heavy atom. The predicted octanol–water partition coefficient (Wildman–Crippen LogP) is 10.4. The van der Waals surface area contributed by atoms with Crippen molar-refractivity contribution >= 4 is 46.7 Å². The van der Waals surface area contributed by atoms with Gasteiger partial charge in [0.05, 0.1) is 29.8 Å². The molecule has 2 atom stereocenters. The highest BCUT2D eigenvalue weighted by Crippen LogP contribution is 2.41. The summed E-state index contributed by atoms with van der Waals surface area (Å²) < 4.78 is 110. The lowest BCUT2D eigenvalue weighted by Crippen LogP contribution is -2.26. The number of nitrogens with one attached hydrogen (secondary N) is 2. The lowest BCUT2D eigenvalue weighted by atomic mass is 9.97. The highest BCUT2D eigenvalue weighted by molar-refractivity contribution is 8.00. The number of benzene rings is 4. The summed E-state index contributed by atoms with van der Waals surface area (Å²) in [5.74, 6) is -11.0. The van der Waals surface area contributed by atoms with Crippen molar-refractivity contribution in [2.24, 2.45) is 0 Å². The molecule has 0 aromatic heterocycles. The van der Waals surface area contributed by atoms with Gasteiger partial charge in [0.15, 0.2) is 34.9 Å². The molecule has 0 saturated heterocycles. The monoisotopic (exact) mass is 822 g/mol. The number of halogens is 7. The molecule has 0 spiro atoms. The van der Waals surface area contributed by atoms with Crippen LogP contribution in [0.2, 0.25) is 0 Å². The summed E-state index contributed by atoms with van der Waals surface area (Å²) in [6.45, 7) is 0. The Bertz CT molecular complexity index is 2050. The van der Waals surface area contributed by atoms with Crippen molar-refractivity contribution in [3.8, 4) is 11.5 Å². The van der Waals surface area contributed by atoms with Gasteiger partial charge in [0.1, 0.15) is 17.3 Å². The SMILES string of the molecule is COc1ccc(C(=O)Nc2cc(F)c(F)c(F)c2)cc1SC1CCC(Oc2cc(F)c(SC3CCCC[C@H](O)C3)cc2C(=O)Nc2cc(F)c(F)c(F)c2)CC1. The zero-order valence-electron chi connectivity index (χ0n) is 29.9. The maximum Gasteiger partial charge on any atom is 0.259 e. The van der Waals surface area contributed by atoms with Crippen LogP contribution in [-0.2, 0) is 0 Å². The minimum absolute atomic E-state index is 0.0128. The molecule has 3 N–H and O–H groups in total. The van der Waals surface area contributed by atoms with Crippen molar-refractivity contribution in [1.82, 2.24) is 0 Å². The highest BCUT2D eigenvalue weighted by atomic mass is 32.2. The number of ether oxygens (including phenoxy) is 2. The van der Waals surface area contributed by atoms with Gasteiger partial charge in [0.2, 0.25) is 0 Å². The predicted molar refractivity (Wildman–Crippen MR) is 199 cm³/mol. The topological polar surface area (TPSA) is 96.9 Å². The van der Waals surface area contributed by atoms with Crippen molar-refractivity contribution < 1.29 is 54.9 Å². The average Bonchev–Trinajstić information content (AvgIpc) is 3.37. The maximum atomic E-state index is 15.7. The summed E-state index contributed by atoms with van der Waals surface area (Å²) in [5, 5.41) is 14.9. The van der Waals surface area contributed by atoms with Gasteiger partial charge in [-0.1, -0.05) is 12.8 Å². The molecule has 0 radical (unpaired) electrons. The standard InChI is InChI=1S/C40H37F7N2O5S2/c1-53-33-11-6-20(39(51)48-21-13-29(42)37(46)30(43)14-21)12-36(33)55-25-9-7-24(8-10-25)54-34-19-28(41)35(56-26-5-3-2-4-23(50)17-26)18-27(34)40(52)49-22-15-31(44)38(47)32(45)16-22/h6,11-16,18-19,23-26,50H,2-5,7-10,17H2,1H3,(H,48,51)(H,49,52)/t23-,24?,25?,26?/m0/s1. The molecule has 298 valence electrons. The number of hydrogen-bond donors (Lipinski definition) is 3. The molecule has 56 heavy (non-hydrogen) atoms. The van der Waals surface area contributed by atoms with Gasteiger partial charge in [-0.2, -0.15) is 0 Å². The van der Waals surface area contributed by atoms with Gasteiger partial charge < -0.3 is 25.2 Å². The van der Waals surface area contributed by atoms with Crippen LogP contribution in [0.1, 0.15) is 78.5 Å². The molecular weight excluding hydrogens is 786 g/mol. The largest absolute Gasteiger partial charge is 0.496 e. The van der Waals surface area contributed by atoms with Crippen molar-refractivity contribution in [3.63, 3.8) is 0 Å². The summed E-state index contributed by atoms with van der Waals surface area (Å²) in [4.78, 5) is 27.3. The van der Waals surface area contributed by atoms with Crippen LogP contribution in [0, 0.1) is 40.7 Å². The Balaban J connectivity index is 1.16. The lowest BCUT2D eigenvalue weighted by molar-refractivity contribution is 0.100. The molecule has 16 heteroatoms. The van der Waals surface area contributed by atoms with E-state index in [4.69, 9.17) is 9.47 Å². The second-order valence-corrected chi connectivity index (χ2v) is 16.3. The molecule has 6 rings (SSSR count). The molecule has 0 heterocycles. The molecular formula is C40H37F7N2O5S2. The number of carbonyl (C=O) groups excluding carboxylic acids is 2. The fourth-order valence-corrected chi connectivity index (χ4v) is 9.32. The first-order valence-corrected chi connectivity index (χ1v) is 19.6. The maximum absolute atomic E-state index is 15.7. The van der Waals surface area contributed by atoms with Gasteiger partial charge in [0.25, 0.3) is 11.8 Å². The van der Waals surface area contributed by atoms with Crippen LogP contribution in [0.4, 0.5) is 42.1 Å². The van der Waals surface area contributed by atoms with Crippen LogP contribution in [0.15, 0.2) is 64.4 Å². The normalized spacial score (nSPS) is 19.9. The Morgan fingerprint density at radius 3 is 1.82 bits per heavy atom. The molecule has 2 saturated carbocycles. The van der Waals surface area contributed by atoms with Gasteiger partial charge in [-0.05, 0) is 69.2 Å². The van der Waals surface area contributed by atoms with E-state index in [2.05, 4.69) is 10.6 Å². The first-order chi connectivity index (χ1) is 26.8. The Kier molecular flexibility index (Phi) is 13.4. The smallest absolute Gasteiger partial charge is 0.259 e. The molecule has 2 aliphatic carbocycles. The van der Waals surface area contributed by atoms with Gasteiger partial charge >= 0.3 is 0 Å². The number of rotatable bonds is 11. The zero-order valence-corrected chi connectivity index (χ0v) is 31.5. The average molecular weight is 823 g/mol. The molecule has 2 amide bonds. The number of methoxy groups -OCH3 is 1. The molecule has 0 bridgehead atoms. The molecule has 2 aliphatic rings. The summed E-state index contributed by atoms with van der Waals surface area (Å²) in [6.07, 6.45) is 4.69. The van der Waals surface area contributed by atoms with Crippen LogP contribution in [0.3, 0.4) is 0 Å². The Labute approximate surface area is 326 Å². The Morgan fingerprint density at radius 2 is 1.21 bits per heavy atom. The van der Waals surface area contributed by atoms with E-state index < -0.39 is 64.7 Å². The van der Waals surface area contributed by atoms with E-state index in [0.717, 1.165) is 25.3 Å². The number of amides is 2. The van der Waals surface area contributed by atoms with Gasteiger partial charge in [0, 0.05) is 62.7 Å². The van der Waals surface area contributed by atoms with Crippen LogP contribution in [0.5, 0.6) is 11.5 Å². The minimum atomic E-state index is -1.69. The van der Waals surface area contributed by atoms with Crippen molar-refractivity contribution in [2.75, 3.05) is 17.7 Å². The third-order valence-electron chi connectivity index (χ3n) is 9.54. The molecule has 0 aliphatic heterocycles. The molecule has 4 aromatic rings. The van der Waals surface area contributed by atoms with E-state index in [1.54, 1.807) is 12.1 Å². The molecule has 1 unspecified atom stereocenters. The summed E-state index contributed by atoms with van der Waals surface area (Å²) in [5.41, 5.74) is -0.557. The summed E-state index contributed by atoms with van der Waals surface area (Å²) in [7, 11) is 1.47. The number of aliphatic hydroxyl groups is 1. The highest BCUT2D eigenvalue weighted by Gasteiger charge is 2.29. The van der Waals surface area contributed by atoms with E-state index in [9.17, 15) is 41.0 Å². The van der Waals surface area contributed by atoms with Crippen molar-refractivity contribution in [1.29, 1.82) is 0 Å². The second-order valence-electron chi connectivity index (χ2n) is 13.6.